The summed E-state index contributed by atoms with van der Waals surface area (Å²) in [5, 5.41) is 13.9. The van der Waals surface area contributed by atoms with Gasteiger partial charge in [-0.05, 0) is 34.1 Å². The van der Waals surface area contributed by atoms with Crippen LogP contribution in [0, 0.1) is 11.3 Å². The summed E-state index contributed by atoms with van der Waals surface area (Å²) in [6, 6.07) is 7.62. The van der Waals surface area contributed by atoms with Crippen LogP contribution in [0.5, 0.6) is 0 Å². The van der Waals surface area contributed by atoms with Crippen LogP contribution in [0.4, 0.5) is 5.69 Å². The maximum absolute atomic E-state index is 8.60. The molecule has 2 aromatic heterocycles. The highest BCUT2D eigenvalue weighted by molar-refractivity contribution is 9.10. The molecular formula is C11H8BrN3S. The predicted octanol–water partition coefficient (Wildman–Crippen LogP) is 3.39. The first kappa shape index (κ1) is 11.1. The van der Waals surface area contributed by atoms with Gasteiger partial charge in [-0.3, -0.25) is 0 Å². The van der Waals surface area contributed by atoms with Crippen LogP contribution in [0.1, 0.15) is 10.6 Å². The van der Waals surface area contributed by atoms with Crippen molar-refractivity contribution in [3.8, 4) is 6.07 Å². The van der Waals surface area contributed by atoms with Gasteiger partial charge in [0.05, 0.1) is 11.9 Å². The zero-order valence-electron chi connectivity index (χ0n) is 8.27. The Morgan fingerprint density at radius 1 is 1.50 bits per heavy atom. The standard InChI is InChI=1S/C11H8BrN3S/c12-8-3-11(16-7-8)6-15-10-2-1-9(4-13)14-5-10/h1-3,5,7,15H,6H2. The SMILES string of the molecule is N#Cc1ccc(NCc2cc(Br)cs2)cn1. The molecule has 0 bridgehead atoms. The molecule has 0 aliphatic rings. The number of pyridine rings is 1. The van der Waals surface area contributed by atoms with Gasteiger partial charge in [0.2, 0.25) is 0 Å². The summed E-state index contributed by atoms with van der Waals surface area (Å²) >= 11 is 5.11. The molecule has 2 aromatic rings. The van der Waals surface area contributed by atoms with Gasteiger partial charge in [-0.15, -0.1) is 11.3 Å². The lowest BCUT2D eigenvalue weighted by Gasteiger charge is -2.03. The second kappa shape index (κ2) is 5.10. The van der Waals surface area contributed by atoms with Crippen LogP contribution in [-0.2, 0) is 6.54 Å². The fourth-order valence-electron chi connectivity index (χ4n) is 1.20. The summed E-state index contributed by atoms with van der Waals surface area (Å²) in [4.78, 5) is 5.23. The quantitative estimate of drug-likeness (QED) is 0.944. The van der Waals surface area contributed by atoms with Gasteiger partial charge in [0.1, 0.15) is 11.8 Å². The van der Waals surface area contributed by atoms with Crippen LogP contribution >= 0.6 is 27.3 Å². The number of hydrogen-bond donors (Lipinski definition) is 1. The number of nitriles is 1. The number of nitrogens with one attached hydrogen (secondary N) is 1. The predicted molar refractivity (Wildman–Crippen MR) is 68.3 cm³/mol. The van der Waals surface area contributed by atoms with Gasteiger partial charge in [0, 0.05) is 21.3 Å². The Balaban J connectivity index is 1.97. The highest BCUT2D eigenvalue weighted by Gasteiger charge is 1.98. The van der Waals surface area contributed by atoms with Crippen molar-refractivity contribution >= 4 is 33.0 Å². The second-order valence-electron chi connectivity index (χ2n) is 3.13. The Morgan fingerprint density at radius 3 is 2.94 bits per heavy atom. The third-order valence-electron chi connectivity index (χ3n) is 1.97. The minimum Gasteiger partial charge on any atom is -0.379 e. The lowest BCUT2D eigenvalue weighted by atomic mass is 10.3. The highest BCUT2D eigenvalue weighted by atomic mass is 79.9. The summed E-state index contributed by atoms with van der Waals surface area (Å²) in [6.07, 6.45) is 1.67. The number of thiophene rings is 1. The maximum atomic E-state index is 8.60. The highest BCUT2D eigenvalue weighted by Crippen LogP contribution is 2.20. The lowest BCUT2D eigenvalue weighted by Crippen LogP contribution is -1.97. The summed E-state index contributed by atoms with van der Waals surface area (Å²) in [7, 11) is 0. The molecule has 0 radical (unpaired) electrons. The summed E-state index contributed by atoms with van der Waals surface area (Å²) in [5.41, 5.74) is 1.35. The average Bonchev–Trinajstić information content (AvgIpc) is 2.73. The zero-order chi connectivity index (χ0) is 11.4. The van der Waals surface area contributed by atoms with Crippen molar-refractivity contribution in [2.24, 2.45) is 0 Å². The van der Waals surface area contributed by atoms with Crippen molar-refractivity contribution in [3.63, 3.8) is 0 Å². The third-order valence-corrected chi connectivity index (χ3v) is 3.66. The number of rotatable bonds is 3. The minimum atomic E-state index is 0.435. The van der Waals surface area contributed by atoms with Gasteiger partial charge in [-0.1, -0.05) is 0 Å². The smallest absolute Gasteiger partial charge is 0.140 e. The van der Waals surface area contributed by atoms with Gasteiger partial charge >= 0.3 is 0 Å². The molecule has 1 N–H and O–H groups in total. The molecule has 0 atom stereocenters. The fourth-order valence-corrected chi connectivity index (χ4v) is 2.59. The van der Waals surface area contributed by atoms with E-state index in [2.05, 4.69) is 32.3 Å². The van der Waals surface area contributed by atoms with E-state index in [-0.39, 0.29) is 0 Å². The zero-order valence-corrected chi connectivity index (χ0v) is 10.7. The van der Waals surface area contributed by atoms with Gasteiger partial charge in [0.15, 0.2) is 0 Å². The molecule has 0 spiro atoms. The van der Waals surface area contributed by atoms with Crippen molar-refractivity contribution in [2.75, 3.05) is 5.32 Å². The van der Waals surface area contributed by atoms with E-state index in [0.29, 0.717) is 5.69 Å². The molecule has 16 heavy (non-hydrogen) atoms. The van der Waals surface area contributed by atoms with Crippen LogP contribution in [0.15, 0.2) is 34.2 Å². The maximum Gasteiger partial charge on any atom is 0.140 e. The summed E-state index contributed by atoms with van der Waals surface area (Å²) in [5.74, 6) is 0. The van der Waals surface area contributed by atoms with Crippen molar-refractivity contribution < 1.29 is 0 Å². The van der Waals surface area contributed by atoms with E-state index < -0.39 is 0 Å². The molecule has 0 fully saturated rings. The van der Waals surface area contributed by atoms with Crippen molar-refractivity contribution in [2.45, 2.75) is 6.54 Å². The van der Waals surface area contributed by atoms with E-state index in [1.54, 1.807) is 23.6 Å². The molecule has 0 saturated heterocycles. The molecule has 0 aliphatic heterocycles. The van der Waals surface area contributed by atoms with E-state index >= 15 is 0 Å². The van der Waals surface area contributed by atoms with Gasteiger partial charge < -0.3 is 5.32 Å². The van der Waals surface area contributed by atoms with Crippen LogP contribution in [-0.4, -0.2) is 4.98 Å². The molecule has 0 aromatic carbocycles. The Kier molecular flexibility index (Phi) is 3.54. The second-order valence-corrected chi connectivity index (χ2v) is 5.04. The van der Waals surface area contributed by atoms with E-state index in [1.165, 1.54) is 4.88 Å². The van der Waals surface area contributed by atoms with E-state index in [1.807, 2.05) is 17.5 Å². The van der Waals surface area contributed by atoms with E-state index in [4.69, 9.17) is 5.26 Å². The molecule has 2 heterocycles. The first-order chi connectivity index (χ1) is 7.78. The Morgan fingerprint density at radius 2 is 2.38 bits per heavy atom. The molecule has 0 amide bonds. The number of hydrogen-bond acceptors (Lipinski definition) is 4. The number of aromatic nitrogens is 1. The monoisotopic (exact) mass is 293 g/mol. The molecule has 80 valence electrons. The van der Waals surface area contributed by atoms with Crippen LogP contribution < -0.4 is 5.32 Å². The molecule has 0 aliphatic carbocycles. The summed E-state index contributed by atoms with van der Waals surface area (Å²) in [6.45, 7) is 0.768. The first-order valence-corrected chi connectivity index (χ1v) is 6.28. The summed E-state index contributed by atoms with van der Waals surface area (Å²) < 4.78 is 1.10. The van der Waals surface area contributed by atoms with Crippen molar-refractivity contribution in [1.82, 2.24) is 4.98 Å². The minimum absolute atomic E-state index is 0.435. The van der Waals surface area contributed by atoms with Crippen LogP contribution in [0.3, 0.4) is 0 Å². The molecule has 0 unspecified atom stereocenters. The van der Waals surface area contributed by atoms with Crippen LogP contribution in [0.2, 0.25) is 0 Å². The largest absolute Gasteiger partial charge is 0.379 e. The van der Waals surface area contributed by atoms with E-state index in [0.717, 1.165) is 16.7 Å². The molecular weight excluding hydrogens is 286 g/mol. The Bertz CT molecular complexity index is 513. The number of halogens is 1. The van der Waals surface area contributed by atoms with Crippen LogP contribution in [0.25, 0.3) is 0 Å². The van der Waals surface area contributed by atoms with Gasteiger partial charge in [-0.25, -0.2) is 4.98 Å². The van der Waals surface area contributed by atoms with E-state index in [9.17, 15) is 0 Å². The molecule has 5 heteroatoms. The Hall–Kier alpha value is -1.38. The normalized spacial score (nSPS) is 9.75. The third kappa shape index (κ3) is 2.81. The average molecular weight is 294 g/mol. The number of nitrogens with zero attached hydrogens (tertiary/aromatic N) is 2. The van der Waals surface area contributed by atoms with Crippen molar-refractivity contribution in [1.29, 1.82) is 5.26 Å². The number of anilines is 1. The van der Waals surface area contributed by atoms with Gasteiger partial charge in [-0.2, -0.15) is 5.26 Å². The Labute approximate surface area is 106 Å². The fraction of sp³-hybridized carbons (Fsp3) is 0.0909. The van der Waals surface area contributed by atoms with Gasteiger partial charge in [0.25, 0.3) is 0 Å². The topological polar surface area (TPSA) is 48.7 Å². The molecule has 2 rings (SSSR count). The first-order valence-electron chi connectivity index (χ1n) is 4.61. The molecule has 3 nitrogen and oxygen atoms in total. The van der Waals surface area contributed by atoms with Crippen molar-refractivity contribution in [3.05, 3.63) is 44.8 Å². The molecule has 0 saturated carbocycles. The lowest BCUT2D eigenvalue weighted by molar-refractivity contribution is 1.16.